The SMILES string of the molecule is CN(C(=O)c1cc(Cl)ccc1F)[C@@H]1CCOC(C)(C)C1. The van der Waals surface area contributed by atoms with Crippen LogP contribution in [0.2, 0.25) is 5.02 Å². The molecule has 0 bridgehead atoms. The molecule has 1 saturated heterocycles. The molecule has 1 aliphatic heterocycles. The van der Waals surface area contributed by atoms with Crippen molar-refractivity contribution in [3.63, 3.8) is 0 Å². The van der Waals surface area contributed by atoms with Crippen LogP contribution in [0.3, 0.4) is 0 Å². The fourth-order valence-corrected chi connectivity index (χ4v) is 2.72. The lowest BCUT2D eigenvalue weighted by atomic mass is 9.92. The molecule has 1 aromatic rings. The van der Waals surface area contributed by atoms with Gasteiger partial charge in [0.25, 0.3) is 5.91 Å². The molecule has 110 valence electrons. The van der Waals surface area contributed by atoms with Crippen LogP contribution in [0.25, 0.3) is 0 Å². The Bertz CT molecular complexity index is 519. The summed E-state index contributed by atoms with van der Waals surface area (Å²) in [7, 11) is 1.70. The Labute approximate surface area is 123 Å². The second-order valence-corrected chi connectivity index (χ2v) is 6.23. The fraction of sp³-hybridized carbons (Fsp3) is 0.533. The third-order valence-corrected chi connectivity index (χ3v) is 3.93. The predicted molar refractivity (Wildman–Crippen MR) is 76.6 cm³/mol. The number of nitrogens with zero attached hydrogens (tertiary/aromatic N) is 1. The molecule has 1 fully saturated rings. The van der Waals surface area contributed by atoms with Crippen molar-refractivity contribution in [2.45, 2.75) is 38.3 Å². The molecule has 0 saturated carbocycles. The van der Waals surface area contributed by atoms with Crippen LogP contribution in [0.15, 0.2) is 18.2 Å². The molecule has 1 aromatic carbocycles. The van der Waals surface area contributed by atoms with Gasteiger partial charge < -0.3 is 9.64 Å². The summed E-state index contributed by atoms with van der Waals surface area (Å²) in [4.78, 5) is 14.0. The second kappa shape index (κ2) is 5.70. The van der Waals surface area contributed by atoms with Gasteiger partial charge in [0, 0.05) is 24.7 Å². The molecule has 3 nitrogen and oxygen atoms in total. The van der Waals surface area contributed by atoms with E-state index in [4.69, 9.17) is 16.3 Å². The van der Waals surface area contributed by atoms with Crippen LogP contribution in [0.4, 0.5) is 4.39 Å². The number of rotatable bonds is 2. The Kier molecular flexibility index (Phi) is 4.35. The molecule has 20 heavy (non-hydrogen) atoms. The Hall–Kier alpha value is -1.13. The number of amides is 1. The number of benzene rings is 1. The van der Waals surface area contributed by atoms with E-state index in [1.54, 1.807) is 11.9 Å². The van der Waals surface area contributed by atoms with Crippen molar-refractivity contribution < 1.29 is 13.9 Å². The van der Waals surface area contributed by atoms with Gasteiger partial charge in [-0.3, -0.25) is 4.79 Å². The summed E-state index contributed by atoms with van der Waals surface area (Å²) >= 11 is 5.84. The van der Waals surface area contributed by atoms with Gasteiger partial charge in [-0.25, -0.2) is 4.39 Å². The first kappa shape index (κ1) is 15.3. The average Bonchev–Trinajstić information content (AvgIpc) is 2.38. The van der Waals surface area contributed by atoms with Crippen LogP contribution < -0.4 is 0 Å². The van der Waals surface area contributed by atoms with E-state index < -0.39 is 5.82 Å². The molecular weight excluding hydrogens is 281 g/mol. The van der Waals surface area contributed by atoms with Crippen molar-refractivity contribution in [3.8, 4) is 0 Å². The normalized spacial score (nSPS) is 21.6. The molecule has 1 aliphatic rings. The number of hydrogen-bond acceptors (Lipinski definition) is 2. The number of ether oxygens (including phenoxy) is 1. The highest BCUT2D eigenvalue weighted by Gasteiger charge is 2.33. The molecule has 5 heteroatoms. The summed E-state index contributed by atoms with van der Waals surface area (Å²) in [6.07, 6.45) is 1.49. The average molecular weight is 300 g/mol. The Morgan fingerprint density at radius 1 is 1.50 bits per heavy atom. The fourth-order valence-electron chi connectivity index (χ4n) is 2.55. The Morgan fingerprint density at radius 2 is 2.20 bits per heavy atom. The first-order valence-electron chi connectivity index (χ1n) is 6.66. The minimum Gasteiger partial charge on any atom is -0.375 e. The molecule has 0 unspecified atom stereocenters. The van der Waals surface area contributed by atoms with Gasteiger partial charge in [-0.15, -0.1) is 0 Å². The lowest BCUT2D eigenvalue weighted by Crippen LogP contribution is -2.46. The molecule has 1 atom stereocenters. The van der Waals surface area contributed by atoms with E-state index in [0.29, 0.717) is 11.6 Å². The zero-order valence-corrected chi connectivity index (χ0v) is 12.7. The summed E-state index contributed by atoms with van der Waals surface area (Å²) in [6.45, 7) is 4.60. The molecular formula is C15H19ClFNO2. The first-order chi connectivity index (χ1) is 9.30. The highest BCUT2D eigenvalue weighted by molar-refractivity contribution is 6.31. The van der Waals surface area contributed by atoms with Gasteiger partial charge in [0.1, 0.15) is 5.82 Å². The van der Waals surface area contributed by atoms with E-state index in [9.17, 15) is 9.18 Å². The van der Waals surface area contributed by atoms with Crippen LogP contribution >= 0.6 is 11.6 Å². The van der Waals surface area contributed by atoms with Gasteiger partial charge in [-0.2, -0.15) is 0 Å². The van der Waals surface area contributed by atoms with Crippen molar-refractivity contribution in [2.24, 2.45) is 0 Å². The van der Waals surface area contributed by atoms with Crippen molar-refractivity contribution >= 4 is 17.5 Å². The third kappa shape index (κ3) is 3.30. The summed E-state index contributed by atoms with van der Waals surface area (Å²) in [5, 5.41) is 0.357. The van der Waals surface area contributed by atoms with Gasteiger partial charge >= 0.3 is 0 Å². The maximum atomic E-state index is 13.8. The van der Waals surface area contributed by atoms with E-state index in [1.165, 1.54) is 18.2 Å². The number of carbonyl (C=O) groups excluding carboxylic acids is 1. The van der Waals surface area contributed by atoms with Crippen molar-refractivity contribution in [1.82, 2.24) is 4.90 Å². The molecule has 1 heterocycles. The smallest absolute Gasteiger partial charge is 0.256 e. The van der Waals surface area contributed by atoms with Crippen molar-refractivity contribution in [1.29, 1.82) is 0 Å². The Balaban J connectivity index is 2.18. The van der Waals surface area contributed by atoms with E-state index in [-0.39, 0.29) is 23.1 Å². The van der Waals surface area contributed by atoms with Gasteiger partial charge in [-0.05, 0) is 44.9 Å². The highest BCUT2D eigenvalue weighted by atomic mass is 35.5. The monoisotopic (exact) mass is 299 g/mol. The summed E-state index contributed by atoms with van der Waals surface area (Å²) in [5.74, 6) is -0.884. The van der Waals surface area contributed by atoms with Crippen LogP contribution in [0.5, 0.6) is 0 Å². The lowest BCUT2D eigenvalue weighted by molar-refractivity contribution is -0.0756. The number of carbonyl (C=O) groups is 1. The quantitative estimate of drug-likeness (QED) is 0.836. The van der Waals surface area contributed by atoms with Gasteiger partial charge in [0.15, 0.2) is 0 Å². The van der Waals surface area contributed by atoms with E-state index in [2.05, 4.69) is 0 Å². The summed E-state index contributed by atoms with van der Waals surface area (Å²) in [5.41, 5.74) is -0.242. The molecule has 0 aromatic heterocycles. The zero-order chi connectivity index (χ0) is 14.9. The van der Waals surface area contributed by atoms with Crippen LogP contribution in [-0.4, -0.2) is 36.1 Å². The van der Waals surface area contributed by atoms with E-state index in [1.807, 2.05) is 13.8 Å². The van der Waals surface area contributed by atoms with E-state index >= 15 is 0 Å². The topological polar surface area (TPSA) is 29.5 Å². The third-order valence-electron chi connectivity index (χ3n) is 3.70. The lowest BCUT2D eigenvalue weighted by Gasteiger charge is -2.39. The van der Waals surface area contributed by atoms with Gasteiger partial charge in [0.05, 0.1) is 11.2 Å². The van der Waals surface area contributed by atoms with E-state index in [0.717, 1.165) is 12.8 Å². The minimum absolute atomic E-state index is 0.0179. The molecule has 0 aliphatic carbocycles. The highest BCUT2D eigenvalue weighted by Crippen LogP contribution is 2.28. The van der Waals surface area contributed by atoms with Crippen molar-refractivity contribution in [2.75, 3.05) is 13.7 Å². The molecule has 0 N–H and O–H groups in total. The van der Waals surface area contributed by atoms with Gasteiger partial charge in [-0.1, -0.05) is 11.6 Å². The first-order valence-corrected chi connectivity index (χ1v) is 7.04. The maximum Gasteiger partial charge on any atom is 0.256 e. The molecule has 1 amide bonds. The molecule has 0 radical (unpaired) electrons. The second-order valence-electron chi connectivity index (χ2n) is 5.80. The van der Waals surface area contributed by atoms with Gasteiger partial charge in [0.2, 0.25) is 0 Å². The zero-order valence-electron chi connectivity index (χ0n) is 12.0. The predicted octanol–water partition coefficient (Wildman–Crippen LogP) is 3.51. The maximum absolute atomic E-state index is 13.8. The summed E-state index contributed by atoms with van der Waals surface area (Å²) < 4.78 is 19.4. The number of halogens is 2. The Morgan fingerprint density at radius 3 is 2.85 bits per heavy atom. The molecule has 0 spiro atoms. The molecule has 2 rings (SSSR count). The van der Waals surface area contributed by atoms with Crippen LogP contribution in [0, 0.1) is 5.82 Å². The summed E-state index contributed by atoms with van der Waals surface area (Å²) in [6, 6.07) is 4.08. The standard InChI is InChI=1S/C15H19ClFNO2/c1-15(2)9-11(6-7-20-15)18(3)14(19)12-8-10(16)4-5-13(12)17/h4-5,8,11H,6-7,9H2,1-3H3/t11-/m1/s1. The largest absolute Gasteiger partial charge is 0.375 e. The minimum atomic E-state index is -0.544. The van der Waals surface area contributed by atoms with Crippen molar-refractivity contribution in [3.05, 3.63) is 34.6 Å². The van der Waals surface area contributed by atoms with Crippen LogP contribution in [-0.2, 0) is 4.74 Å². The number of hydrogen-bond donors (Lipinski definition) is 0. The van der Waals surface area contributed by atoms with Crippen LogP contribution in [0.1, 0.15) is 37.0 Å².